The molecule has 0 saturated carbocycles. The van der Waals surface area contributed by atoms with Gasteiger partial charge < -0.3 is 10.7 Å². The molecule has 0 atom stereocenters. The van der Waals surface area contributed by atoms with Crippen molar-refractivity contribution in [1.29, 1.82) is 0 Å². The minimum absolute atomic E-state index is 0.242. The van der Waals surface area contributed by atoms with Crippen LogP contribution in [0.4, 0.5) is 4.39 Å². The summed E-state index contributed by atoms with van der Waals surface area (Å²) in [6.45, 7) is 3.42. The van der Waals surface area contributed by atoms with Crippen molar-refractivity contribution in [3.8, 4) is 33.8 Å². The van der Waals surface area contributed by atoms with Gasteiger partial charge in [-0.2, -0.15) is 5.10 Å². The fourth-order valence-electron chi connectivity index (χ4n) is 4.95. The third-order valence-corrected chi connectivity index (χ3v) is 7.03. The summed E-state index contributed by atoms with van der Waals surface area (Å²) in [6, 6.07) is 8.99. The molecule has 9 nitrogen and oxygen atoms in total. The zero-order valence-electron chi connectivity index (χ0n) is 20.4. The van der Waals surface area contributed by atoms with Gasteiger partial charge in [0.2, 0.25) is 0 Å². The maximum atomic E-state index is 14.3. The topological polar surface area (TPSA) is 125 Å². The first-order valence-electron chi connectivity index (χ1n) is 12.5. The Morgan fingerprint density at radius 2 is 1.74 bits per heavy atom. The number of H-pyrrole nitrogens is 2. The van der Waals surface area contributed by atoms with Gasteiger partial charge in [0.25, 0.3) is 0 Å². The molecule has 1 saturated heterocycles. The fourth-order valence-corrected chi connectivity index (χ4v) is 4.95. The van der Waals surface area contributed by atoms with Crippen LogP contribution in [0.3, 0.4) is 0 Å². The highest BCUT2D eigenvalue weighted by atomic mass is 19.1. The minimum Gasteiger partial charge on any atom is -0.335 e. The molecule has 0 amide bonds. The largest absolute Gasteiger partial charge is 0.335 e. The summed E-state index contributed by atoms with van der Waals surface area (Å²) in [5.74, 6) is 0.244. The maximum absolute atomic E-state index is 14.3. The van der Waals surface area contributed by atoms with Crippen molar-refractivity contribution in [2.45, 2.75) is 19.5 Å². The molecule has 0 radical (unpaired) electrons. The van der Waals surface area contributed by atoms with E-state index in [2.05, 4.69) is 47.2 Å². The Morgan fingerprint density at radius 1 is 0.895 bits per heavy atom. The molecule has 1 aliphatic rings. The average molecular weight is 506 g/mol. The Balaban J connectivity index is 1.29. The maximum Gasteiger partial charge on any atom is 0.181 e. The number of nitrogens with one attached hydrogen (secondary N) is 2. The number of benzene rings is 1. The number of nitrogens with two attached hydrogens (primary N) is 1. The molecule has 0 unspecified atom stereocenters. The lowest BCUT2D eigenvalue weighted by Gasteiger charge is -2.30. The van der Waals surface area contributed by atoms with Gasteiger partial charge in [-0.25, -0.2) is 14.4 Å². The smallest absolute Gasteiger partial charge is 0.181 e. The summed E-state index contributed by atoms with van der Waals surface area (Å²) in [5.41, 5.74) is 13.7. The number of nitrogens with zero attached hydrogens (tertiary/aromatic N) is 6. The summed E-state index contributed by atoms with van der Waals surface area (Å²) < 4.78 is 14.3. The first kappa shape index (κ1) is 22.6. The van der Waals surface area contributed by atoms with E-state index in [1.165, 1.54) is 24.1 Å². The predicted molar refractivity (Wildman–Crippen MR) is 143 cm³/mol. The van der Waals surface area contributed by atoms with Crippen molar-refractivity contribution in [2.75, 3.05) is 13.1 Å². The molecule has 1 aliphatic heterocycles. The Bertz CT molecular complexity index is 1800. The number of fused-ring (bicyclic) bond motifs is 2. The van der Waals surface area contributed by atoms with E-state index in [1.807, 2.05) is 24.7 Å². The fraction of sp³-hybridized carbons (Fsp3) is 0.179. The molecule has 4 N–H and O–H groups in total. The number of imidazole rings is 1. The molecule has 0 aliphatic carbocycles. The molecule has 1 fully saturated rings. The summed E-state index contributed by atoms with van der Waals surface area (Å²) in [5, 5.41) is 8.31. The third-order valence-electron chi connectivity index (χ3n) is 7.03. The number of rotatable bonds is 6. The van der Waals surface area contributed by atoms with Crippen LogP contribution >= 0.6 is 0 Å². The molecule has 7 rings (SSSR count). The predicted octanol–water partition coefficient (Wildman–Crippen LogP) is 4.43. The summed E-state index contributed by atoms with van der Waals surface area (Å²) in [7, 11) is 0. The minimum atomic E-state index is -0.350. The Kier molecular flexibility index (Phi) is 5.41. The summed E-state index contributed by atoms with van der Waals surface area (Å²) in [4.78, 5) is 24.0. The SMILES string of the molecule is NCc1cc(F)cc(-c2cncc3[nH]c(-c4[nH]nc5ncc(-c6cncc(CN7CCC7)c6)cc45)nc23)c1. The van der Waals surface area contributed by atoms with Crippen LogP contribution in [0.5, 0.6) is 0 Å². The van der Waals surface area contributed by atoms with Gasteiger partial charge in [0.15, 0.2) is 11.5 Å². The third kappa shape index (κ3) is 4.00. The van der Waals surface area contributed by atoms with Crippen LogP contribution < -0.4 is 5.73 Å². The number of aromatic nitrogens is 7. The van der Waals surface area contributed by atoms with E-state index in [0.717, 1.165) is 41.7 Å². The van der Waals surface area contributed by atoms with Crippen molar-refractivity contribution in [3.63, 3.8) is 0 Å². The number of hydrogen-bond acceptors (Lipinski definition) is 7. The molecule has 6 aromatic rings. The molecule has 1 aromatic carbocycles. The first-order chi connectivity index (χ1) is 18.6. The van der Waals surface area contributed by atoms with E-state index < -0.39 is 0 Å². The van der Waals surface area contributed by atoms with Gasteiger partial charge in [0.05, 0.1) is 22.6 Å². The molecule has 5 aromatic heterocycles. The Labute approximate surface area is 217 Å². The van der Waals surface area contributed by atoms with Crippen LogP contribution in [0.1, 0.15) is 17.5 Å². The van der Waals surface area contributed by atoms with Crippen LogP contribution in [0, 0.1) is 5.82 Å². The van der Waals surface area contributed by atoms with Crippen molar-refractivity contribution >= 4 is 22.1 Å². The molecule has 0 bridgehead atoms. The Hall–Kier alpha value is -4.54. The van der Waals surface area contributed by atoms with Crippen LogP contribution in [0.25, 0.3) is 55.8 Å². The van der Waals surface area contributed by atoms with Gasteiger partial charge in [-0.3, -0.25) is 20.0 Å². The highest BCUT2D eigenvalue weighted by molar-refractivity contribution is 5.96. The molecule has 0 spiro atoms. The van der Waals surface area contributed by atoms with Gasteiger partial charge >= 0.3 is 0 Å². The molecule has 188 valence electrons. The lowest BCUT2D eigenvalue weighted by Crippen LogP contribution is -2.36. The molecule has 38 heavy (non-hydrogen) atoms. The van der Waals surface area contributed by atoms with Crippen molar-refractivity contribution in [1.82, 2.24) is 40.0 Å². The van der Waals surface area contributed by atoms with Crippen LogP contribution in [-0.2, 0) is 13.1 Å². The first-order valence-corrected chi connectivity index (χ1v) is 12.5. The summed E-state index contributed by atoms with van der Waals surface area (Å²) in [6.07, 6.45) is 10.2. The quantitative estimate of drug-likeness (QED) is 0.306. The number of halogens is 1. The van der Waals surface area contributed by atoms with E-state index in [1.54, 1.807) is 12.4 Å². The summed E-state index contributed by atoms with van der Waals surface area (Å²) >= 11 is 0. The molecular weight excluding hydrogens is 481 g/mol. The standard InChI is InChI=1S/C28H24FN9/c29-21-6-16(9-30)4-18(7-21)23-13-32-14-24-25(23)35-28(34-24)26-22-8-20(12-33-27(22)37-36-26)19-5-17(10-31-11-19)15-38-2-1-3-38/h4-8,10-14H,1-3,9,15,30H2,(H,34,35)(H,33,36,37). The van der Waals surface area contributed by atoms with E-state index >= 15 is 0 Å². The normalized spacial score (nSPS) is 13.8. The number of hydrogen-bond donors (Lipinski definition) is 3. The van der Waals surface area contributed by atoms with Crippen LogP contribution in [0.2, 0.25) is 0 Å². The van der Waals surface area contributed by atoms with Gasteiger partial charge in [0, 0.05) is 54.6 Å². The number of aromatic amines is 2. The van der Waals surface area contributed by atoms with Crippen LogP contribution in [0.15, 0.2) is 61.3 Å². The highest BCUT2D eigenvalue weighted by Gasteiger charge is 2.18. The monoisotopic (exact) mass is 505 g/mol. The van der Waals surface area contributed by atoms with Gasteiger partial charge in [-0.05, 0) is 66.5 Å². The van der Waals surface area contributed by atoms with Gasteiger partial charge in [0.1, 0.15) is 11.5 Å². The number of pyridine rings is 3. The highest BCUT2D eigenvalue weighted by Crippen LogP contribution is 2.32. The zero-order chi connectivity index (χ0) is 25.6. The lowest BCUT2D eigenvalue weighted by molar-refractivity contribution is 0.172. The second kappa shape index (κ2) is 9.09. The zero-order valence-corrected chi connectivity index (χ0v) is 20.4. The van der Waals surface area contributed by atoms with E-state index in [4.69, 9.17) is 10.7 Å². The van der Waals surface area contributed by atoms with Crippen LogP contribution in [-0.4, -0.2) is 53.1 Å². The molecule has 6 heterocycles. The molecular formula is C28H24FN9. The van der Waals surface area contributed by atoms with Gasteiger partial charge in [-0.15, -0.1) is 0 Å². The van der Waals surface area contributed by atoms with E-state index in [-0.39, 0.29) is 12.4 Å². The van der Waals surface area contributed by atoms with Crippen molar-refractivity contribution < 1.29 is 4.39 Å². The second-order valence-corrected chi connectivity index (χ2v) is 9.63. The van der Waals surface area contributed by atoms with Gasteiger partial charge in [-0.1, -0.05) is 0 Å². The second-order valence-electron chi connectivity index (χ2n) is 9.63. The number of likely N-dealkylation sites (tertiary alicyclic amines) is 1. The average Bonchev–Trinajstić information content (AvgIpc) is 3.54. The van der Waals surface area contributed by atoms with E-state index in [9.17, 15) is 4.39 Å². The van der Waals surface area contributed by atoms with Crippen molar-refractivity contribution in [2.24, 2.45) is 5.73 Å². The lowest BCUT2D eigenvalue weighted by atomic mass is 10.0. The Morgan fingerprint density at radius 3 is 2.58 bits per heavy atom. The van der Waals surface area contributed by atoms with E-state index in [0.29, 0.717) is 39.4 Å². The molecule has 10 heteroatoms. The van der Waals surface area contributed by atoms with Crippen molar-refractivity contribution in [3.05, 3.63) is 78.3 Å².